The number of aromatic nitrogens is 3. The van der Waals surface area contributed by atoms with Crippen LogP contribution in [0.4, 0.5) is 13.2 Å². The first-order valence-corrected chi connectivity index (χ1v) is 4.40. The fourth-order valence-corrected chi connectivity index (χ4v) is 1.23. The van der Waals surface area contributed by atoms with Crippen molar-refractivity contribution in [3.8, 4) is 6.07 Å². The van der Waals surface area contributed by atoms with Crippen LogP contribution in [0.2, 0.25) is 0 Å². The number of hydrogen-bond donors (Lipinski definition) is 1. The van der Waals surface area contributed by atoms with E-state index in [1.165, 1.54) is 6.92 Å². The van der Waals surface area contributed by atoms with Crippen LogP contribution in [-0.2, 0) is 19.1 Å². The summed E-state index contributed by atoms with van der Waals surface area (Å²) in [7, 11) is 0. The van der Waals surface area contributed by atoms with Crippen LogP contribution in [0.3, 0.4) is 0 Å². The zero-order valence-electron chi connectivity index (χ0n) is 8.36. The van der Waals surface area contributed by atoms with Crippen molar-refractivity contribution in [2.45, 2.75) is 32.2 Å². The fraction of sp³-hybridized carbons (Fsp3) is 0.625. The van der Waals surface area contributed by atoms with E-state index in [-0.39, 0.29) is 6.54 Å². The Balaban J connectivity index is 3.15. The summed E-state index contributed by atoms with van der Waals surface area (Å²) >= 11 is 0. The minimum absolute atomic E-state index is 0.312. The molecule has 1 unspecified atom stereocenters. The number of alkyl halides is 3. The minimum Gasteiger partial charge on any atom is -0.391 e. The van der Waals surface area contributed by atoms with E-state index in [2.05, 4.69) is 10.3 Å². The predicted molar refractivity (Wildman–Crippen MR) is 46.0 cm³/mol. The van der Waals surface area contributed by atoms with Crippen molar-refractivity contribution >= 4 is 0 Å². The van der Waals surface area contributed by atoms with E-state index in [4.69, 9.17) is 10.4 Å². The zero-order valence-corrected chi connectivity index (χ0v) is 8.36. The Morgan fingerprint density at radius 3 is 2.62 bits per heavy atom. The Morgan fingerprint density at radius 1 is 1.56 bits per heavy atom. The average molecular weight is 234 g/mol. The summed E-state index contributed by atoms with van der Waals surface area (Å²) in [5, 5.41) is 23.9. The fourth-order valence-electron chi connectivity index (χ4n) is 1.23. The second-order valence-corrected chi connectivity index (χ2v) is 3.25. The third-order valence-electron chi connectivity index (χ3n) is 1.76. The maximum atomic E-state index is 12.6. The van der Waals surface area contributed by atoms with Gasteiger partial charge < -0.3 is 5.11 Å². The molecular formula is C8H9F3N4O. The summed E-state index contributed by atoms with van der Waals surface area (Å²) in [6.45, 7) is 1.03. The highest BCUT2D eigenvalue weighted by Crippen LogP contribution is 2.31. The second-order valence-electron chi connectivity index (χ2n) is 3.25. The first-order chi connectivity index (χ1) is 7.36. The molecule has 0 fully saturated rings. The maximum absolute atomic E-state index is 12.6. The van der Waals surface area contributed by atoms with Crippen LogP contribution in [0.1, 0.15) is 18.3 Å². The summed E-state index contributed by atoms with van der Waals surface area (Å²) < 4.78 is 38.4. The lowest BCUT2D eigenvalue weighted by Gasteiger charge is -2.11. The molecule has 1 rings (SSSR count). The third-order valence-corrected chi connectivity index (χ3v) is 1.76. The summed E-state index contributed by atoms with van der Waals surface area (Å²) in [6.07, 6.45) is -6.07. The molecule has 1 heterocycles. The molecule has 0 aromatic carbocycles. The lowest BCUT2D eigenvalue weighted by atomic mass is 10.2. The summed E-state index contributed by atoms with van der Waals surface area (Å²) in [5.41, 5.74) is -1.49. The Labute approximate surface area is 89.1 Å². The highest BCUT2D eigenvalue weighted by Gasteiger charge is 2.39. The van der Waals surface area contributed by atoms with Gasteiger partial charge in [-0.25, -0.2) is 4.68 Å². The number of rotatable bonds is 3. The molecule has 88 valence electrons. The molecule has 0 aliphatic carbocycles. The van der Waals surface area contributed by atoms with Crippen LogP contribution < -0.4 is 0 Å². The molecule has 0 saturated heterocycles. The van der Waals surface area contributed by atoms with Gasteiger partial charge >= 0.3 is 6.18 Å². The molecule has 0 bridgehead atoms. The van der Waals surface area contributed by atoms with Crippen LogP contribution in [0.15, 0.2) is 0 Å². The van der Waals surface area contributed by atoms with Crippen LogP contribution in [-0.4, -0.2) is 26.2 Å². The molecule has 0 aliphatic rings. The van der Waals surface area contributed by atoms with Crippen LogP contribution in [0.5, 0.6) is 0 Å². The standard InChI is InChI=1S/C8H9F3N4O/c1-5(16)4-15-7(8(9,10)11)6(2-3-12)13-14-15/h5,16H,2,4H2,1H3. The monoisotopic (exact) mass is 234 g/mol. The average Bonchev–Trinajstić information content (AvgIpc) is 2.46. The highest BCUT2D eigenvalue weighted by molar-refractivity contribution is 5.17. The first kappa shape index (κ1) is 12.4. The van der Waals surface area contributed by atoms with Crippen molar-refractivity contribution in [3.63, 3.8) is 0 Å². The molecule has 1 aromatic heterocycles. The molecule has 1 atom stereocenters. The second kappa shape index (κ2) is 4.49. The summed E-state index contributed by atoms with van der Waals surface area (Å²) in [6, 6.07) is 1.58. The lowest BCUT2D eigenvalue weighted by molar-refractivity contribution is -0.145. The van der Waals surface area contributed by atoms with Gasteiger partial charge in [0, 0.05) is 0 Å². The zero-order chi connectivity index (χ0) is 12.3. The van der Waals surface area contributed by atoms with Gasteiger partial charge in [0.25, 0.3) is 0 Å². The Morgan fingerprint density at radius 2 is 2.19 bits per heavy atom. The van der Waals surface area contributed by atoms with Crippen molar-refractivity contribution in [2.75, 3.05) is 0 Å². The van der Waals surface area contributed by atoms with E-state index >= 15 is 0 Å². The molecule has 0 aliphatic heterocycles. The van der Waals surface area contributed by atoms with Gasteiger partial charge in [-0.3, -0.25) is 0 Å². The minimum atomic E-state index is -4.63. The molecule has 0 spiro atoms. The van der Waals surface area contributed by atoms with Gasteiger partial charge in [0.05, 0.1) is 25.1 Å². The molecule has 0 saturated carbocycles. The van der Waals surface area contributed by atoms with Crippen LogP contribution in [0.25, 0.3) is 0 Å². The number of aliphatic hydroxyl groups excluding tert-OH is 1. The molecule has 1 aromatic rings. The van der Waals surface area contributed by atoms with Gasteiger partial charge in [-0.1, -0.05) is 5.21 Å². The topological polar surface area (TPSA) is 74.7 Å². The predicted octanol–water partition coefficient (Wildman–Crippen LogP) is 0.744. The SMILES string of the molecule is CC(O)Cn1nnc(CC#N)c1C(F)(F)F. The van der Waals surface area contributed by atoms with Crippen molar-refractivity contribution in [1.29, 1.82) is 5.26 Å². The van der Waals surface area contributed by atoms with E-state index in [9.17, 15) is 13.2 Å². The van der Waals surface area contributed by atoms with Gasteiger partial charge in [-0.05, 0) is 6.92 Å². The van der Waals surface area contributed by atoms with E-state index < -0.39 is 30.1 Å². The van der Waals surface area contributed by atoms with Crippen LogP contribution >= 0.6 is 0 Å². The van der Waals surface area contributed by atoms with Gasteiger partial charge in [0.1, 0.15) is 5.69 Å². The number of nitriles is 1. The molecule has 0 amide bonds. The molecule has 0 radical (unpaired) electrons. The normalized spacial score (nSPS) is 13.5. The Hall–Kier alpha value is -1.62. The van der Waals surface area contributed by atoms with Crippen molar-refractivity contribution in [2.24, 2.45) is 0 Å². The smallest absolute Gasteiger partial charge is 0.391 e. The maximum Gasteiger partial charge on any atom is 0.434 e. The van der Waals surface area contributed by atoms with Gasteiger partial charge in [-0.2, -0.15) is 18.4 Å². The van der Waals surface area contributed by atoms with E-state index in [1.807, 2.05) is 0 Å². The van der Waals surface area contributed by atoms with E-state index in [0.717, 1.165) is 0 Å². The van der Waals surface area contributed by atoms with Crippen LogP contribution in [0, 0.1) is 11.3 Å². The van der Waals surface area contributed by atoms with E-state index in [0.29, 0.717) is 4.68 Å². The Kier molecular flexibility index (Phi) is 3.49. The van der Waals surface area contributed by atoms with Gasteiger partial charge in [0.2, 0.25) is 0 Å². The highest BCUT2D eigenvalue weighted by atomic mass is 19.4. The van der Waals surface area contributed by atoms with Crippen molar-refractivity contribution in [1.82, 2.24) is 15.0 Å². The van der Waals surface area contributed by atoms with Crippen molar-refractivity contribution in [3.05, 3.63) is 11.4 Å². The molecule has 1 N–H and O–H groups in total. The van der Waals surface area contributed by atoms with E-state index in [1.54, 1.807) is 6.07 Å². The molecule has 16 heavy (non-hydrogen) atoms. The summed E-state index contributed by atoms with van der Waals surface area (Å²) in [4.78, 5) is 0. The molecule has 5 nitrogen and oxygen atoms in total. The largest absolute Gasteiger partial charge is 0.434 e. The number of halogens is 3. The number of hydrogen-bond acceptors (Lipinski definition) is 4. The molecule has 8 heteroatoms. The van der Waals surface area contributed by atoms with Gasteiger partial charge in [-0.15, -0.1) is 5.10 Å². The third kappa shape index (κ3) is 2.70. The van der Waals surface area contributed by atoms with Gasteiger partial charge in [0.15, 0.2) is 5.69 Å². The summed E-state index contributed by atoms with van der Waals surface area (Å²) in [5.74, 6) is 0. The first-order valence-electron chi connectivity index (χ1n) is 4.40. The Bertz CT molecular complexity index is 404. The molecular weight excluding hydrogens is 225 g/mol. The number of nitrogens with zero attached hydrogens (tertiary/aromatic N) is 4. The quantitative estimate of drug-likeness (QED) is 0.837. The lowest BCUT2D eigenvalue weighted by Crippen LogP contribution is -2.21. The number of aliphatic hydroxyl groups is 1. The van der Waals surface area contributed by atoms with Crippen molar-refractivity contribution < 1.29 is 18.3 Å².